The van der Waals surface area contributed by atoms with Gasteiger partial charge in [-0.15, -0.1) is 0 Å². The van der Waals surface area contributed by atoms with Crippen LogP contribution in [0, 0.1) is 0 Å². The number of carbonyl (C=O) groups excluding carboxylic acids is 1. The minimum Gasteiger partial charge on any atom is -0.488 e. The van der Waals surface area contributed by atoms with E-state index in [-0.39, 0.29) is 42.3 Å². The van der Waals surface area contributed by atoms with Gasteiger partial charge in [-0.3, -0.25) is 4.79 Å². The van der Waals surface area contributed by atoms with Crippen molar-refractivity contribution in [2.75, 3.05) is 6.61 Å². The molecular formula is C20H20O8. The van der Waals surface area contributed by atoms with Gasteiger partial charge in [-0.2, -0.15) is 0 Å². The second-order valence-electron chi connectivity index (χ2n) is 6.35. The molecular weight excluding hydrogens is 368 g/mol. The standard InChI is InChI=1S/C20H20O8/c21-9-15-17(26-10-12-4-6-13(7-5-12)19(24)25)2-1-3-18(15)28-20-16(23)8-14(22)11-27-20/h1-7,9,14,16,20,22-23H,8,10-11H2,(H,24,25). The Labute approximate surface area is 160 Å². The molecule has 3 N–H and O–H groups in total. The SMILES string of the molecule is O=Cc1c(OCc2ccc(C(=O)O)cc2)cccc1OC1OCC(O)CC1O. The highest BCUT2D eigenvalue weighted by molar-refractivity contribution is 5.87. The highest BCUT2D eigenvalue weighted by Gasteiger charge is 2.31. The summed E-state index contributed by atoms with van der Waals surface area (Å²) in [7, 11) is 0. The van der Waals surface area contributed by atoms with Crippen LogP contribution in [0.1, 0.15) is 32.7 Å². The van der Waals surface area contributed by atoms with Crippen molar-refractivity contribution in [2.45, 2.75) is 31.5 Å². The van der Waals surface area contributed by atoms with Gasteiger partial charge in [0.15, 0.2) is 6.29 Å². The number of aldehydes is 1. The molecule has 8 nitrogen and oxygen atoms in total. The molecule has 0 bridgehead atoms. The highest BCUT2D eigenvalue weighted by atomic mass is 16.7. The van der Waals surface area contributed by atoms with Crippen molar-refractivity contribution in [3.8, 4) is 11.5 Å². The first-order valence-electron chi connectivity index (χ1n) is 8.65. The third-order valence-electron chi connectivity index (χ3n) is 4.26. The van der Waals surface area contributed by atoms with Gasteiger partial charge in [-0.1, -0.05) is 18.2 Å². The van der Waals surface area contributed by atoms with Crippen LogP contribution in [-0.2, 0) is 11.3 Å². The van der Waals surface area contributed by atoms with Crippen molar-refractivity contribution in [2.24, 2.45) is 0 Å². The second kappa shape index (κ2) is 8.83. The average molecular weight is 388 g/mol. The Morgan fingerprint density at radius 1 is 1.14 bits per heavy atom. The first kappa shape index (κ1) is 19.8. The lowest BCUT2D eigenvalue weighted by Crippen LogP contribution is -2.44. The monoisotopic (exact) mass is 388 g/mol. The molecule has 3 atom stereocenters. The third kappa shape index (κ3) is 4.66. The summed E-state index contributed by atoms with van der Waals surface area (Å²) in [6.07, 6.45) is -2.09. The summed E-state index contributed by atoms with van der Waals surface area (Å²) < 4.78 is 16.6. The van der Waals surface area contributed by atoms with Crippen LogP contribution in [0.15, 0.2) is 42.5 Å². The fourth-order valence-electron chi connectivity index (χ4n) is 2.79. The molecule has 1 heterocycles. The van der Waals surface area contributed by atoms with Gasteiger partial charge in [0.2, 0.25) is 6.29 Å². The van der Waals surface area contributed by atoms with Crippen LogP contribution in [0.5, 0.6) is 11.5 Å². The van der Waals surface area contributed by atoms with E-state index >= 15 is 0 Å². The van der Waals surface area contributed by atoms with Gasteiger partial charge in [-0.05, 0) is 29.8 Å². The number of carboxylic acids is 1. The summed E-state index contributed by atoms with van der Waals surface area (Å²) in [4.78, 5) is 22.5. The Hall–Kier alpha value is -2.94. The third-order valence-corrected chi connectivity index (χ3v) is 4.26. The van der Waals surface area contributed by atoms with E-state index in [0.29, 0.717) is 6.29 Å². The zero-order chi connectivity index (χ0) is 20.1. The number of ether oxygens (including phenoxy) is 3. The lowest BCUT2D eigenvalue weighted by molar-refractivity contribution is -0.198. The predicted octanol–water partition coefficient (Wildman–Crippen LogP) is 1.62. The van der Waals surface area contributed by atoms with Gasteiger partial charge in [0.05, 0.1) is 23.8 Å². The molecule has 148 valence electrons. The summed E-state index contributed by atoms with van der Waals surface area (Å²) in [5, 5.41) is 28.4. The van der Waals surface area contributed by atoms with Gasteiger partial charge < -0.3 is 29.5 Å². The zero-order valence-electron chi connectivity index (χ0n) is 14.9. The van der Waals surface area contributed by atoms with Gasteiger partial charge in [-0.25, -0.2) is 4.79 Å². The lowest BCUT2D eigenvalue weighted by Gasteiger charge is -2.31. The van der Waals surface area contributed by atoms with Crippen LogP contribution in [0.2, 0.25) is 0 Å². The number of carbonyl (C=O) groups is 2. The Morgan fingerprint density at radius 2 is 1.86 bits per heavy atom. The maximum atomic E-state index is 11.6. The van der Waals surface area contributed by atoms with Crippen LogP contribution in [-0.4, -0.2) is 52.7 Å². The Balaban J connectivity index is 1.70. The van der Waals surface area contributed by atoms with Crippen molar-refractivity contribution >= 4 is 12.3 Å². The average Bonchev–Trinajstić information content (AvgIpc) is 2.69. The van der Waals surface area contributed by atoms with Crippen molar-refractivity contribution in [3.05, 3.63) is 59.2 Å². The highest BCUT2D eigenvalue weighted by Crippen LogP contribution is 2.30. The van der Waals surface area contributed by atoms with Gasteiger partial charge in [0.25, 0.3) is 0 Å². The summed E-state index contributed by atoms with van der Waals surface area (Å²) >= 11 is 0. The largest absolute Gasteiger partial charge is 0.488 e. The first-order valence-corrected chi connectivity index (χ1v) is 8.65. The van der Waals surface area contributed by atoms with Crippen LogP contribution in [0.4, 0.5) is 0 Å². The van der Waals surface area contributed by atoms with Crippen molar-refractivity contribution in [3.63, 3.8) is 0 Å². The van der Waals surface area contributed by atoms with E-state index in [1.165, 1.54) is 12.1 Å². The lowest BCUT2D eigenvalue weighted by atomic mass is 10.1. The first-order chi connectivity index (χ1) is 13.5. The molecule has 3 rings (SSSR count). The number of aliphatic hydroxyl groups excluding tert-OH is 2. The van der Waals surface area contributed by atoms with Gasteiger partial charge >= 0.3 is 5.97 Å². The number of aromatic carboxylic acids is 1. The number of hydrogen-bond donors (Lipinski definition) is 3. The molecule has 0 aliphatic carbocycles. The minimum absolute atomic E-state index is 0.0285. The normalized spacial score (nSPS) is 21.7. The van der Waals surface area contributed by atoms with Crippen LogP contribution >= 0.6 is 0 Å². The summed E-state index contributed by atoms with van der Waals surface area (Å²) in [6, 6.07) is 11.0. The number of carboxylic acid groups (broad SMARTS) is 1. The Kier molecular flexibility index (Phi) is 6.25. The summed E-state index contributed by atoms with van der Waals surface area (Å²) in [6.45, 7) is 0.152. The predicted molar refractivity (Wildman–Crippen MR) is 96.6 cm³/mol. The minimum atomic E-state index is -1.03. The number of benzene rings is 2. The van der Waals surface area contributed by atoms with Crippen molar-refractivity contribution in [1.29, 1.82) is 0 Å². The van der Waals surface area contributed by atoms with Gasteiger partial charge in [0, 0.05) is 6.42 Å². The van der Waals surface area contributed by atoms with Gasteiger partial charge in [0.1, 0.15) is 24.2 Å². The fourth-order valence-corrected chi connectivity index (χ4v) is 2.79. The van der Waals surface area contributed by atoms with E-state index in [4.69, 9.17) is 19.3 Å². The molecule has 0 spiro atoms. The van der Waals surface area contributed by atoms with Crippen LogP contribution in [0.3, 0.4) is 0 Å². The van der Waals surface area contributed by atoms with E-state index in [1.807, 2.05) is 0 Å². The van der Waals surface area contributed by atoms with Crippen LogP contribution < -0.4 is 9.47 Å². The van der Waals surface area contributed by atoms with E-state index in [2.05, 4.69) is 0 Å². The molecule has 0 saturated carbocycles. The quantitative estimate of drug-likeness (QED) is 0.612. The second-order valence-corrected chi connectivity index (χ2v) is 6.35. The number of rotatable bonds is 7. The van der Waals surface area contributed by atoms with E-state index < -0.39 is 24.5 Å². The summed E-state index contributed by atoms with van der Waals surface area (Å²) in [5.74, 6) is -0.547. The molecule has 28 heavy (non-hydrogen) atoms. The molecule has 0 aromatic heterocycles. The molecule has 1 aliphatic heterocycles. The van der Waals surface area contributed by atoms with E-state index in [1.54, 1.807) is 30.3 Å². The fraction of sp³-hybridized carbons (Fsp3) is 0.300. The Bertz CT molecular complexity index is 833. The molecule has 8 heteroatoms. The zero-order valence-corrected chi connectivity index (χ0v) is 14.9. The molecule has 3 unspecified atom stereocenters. The van der Waals surface area contributed by atoms with Crippen molar-refractivity contribution < 1.29 is 39.1 Å². The molecule has 2 aromatic rings. The number of hydrogen-bond acceptors (Lipinski definition) is 7. The van der Waals surface area contributed by atoms with Crippen molar-refractivity contribution in [1.82, 2.24) is 0 Å². The maximum absolute atomic E-state index is 11.6. The molecule has 2 aromatic carbocycles. The molecule has 0 amide bonds. The van der Waals surface area contributed by atoms with E-state index in [0.717, 1.165) is 5.56 Å². The molecule has 1 saturated heterocycles. The Morgan fingerprint density at radius 3 is 2.50 bits per heavy atom. The number of aliphatic hydroxyl groups is 2. The van der Waals surface area contributed by atoms with E-state index in [9.17, 15) is 19.8 Å². The molecule has 1 fully saturated rings. The molecule has 1 aliphatic rings. The molecule has 0 radical (unpaired) electrons. The smallest absolute Gasteiger partial charge is 0.335 e. The summed E-state index contributed by atoms with van der Waals surface area (Å²) in [5.41, 5.74) is 1.06. The van der Waals surface area contributed by atoms with Crippen LogP contribution in [0.25, 0.3) is 0 Å². The topological polar surface area (TPSA) is 123 Å². The maximum Gasteiger partial charge on any atom is 0.335 e.